The highest BCUT2D eigenvalue weighted by atomic mass is 16.5. The average Bonchev–Trinajstić information content (AvgIpc) is 2.48. The van der Waals surface area contributed by atoms with Gasteiger partial charge >= 0.3 is 0 Å². The maximum absolute atomic E-state index is 9.32. The number of benzene rings is 1. The van der Waals surface area contributed by atoms with Crippen molar-refractivity contribution in [3.05, 3.63) is 60.0 Å². The van der Waals surface area contributed by atoms with E-state index in [2.05, 4.69) is 9.97 Å². The number of aliphatic hydroxyl groups is 1. The number of ether oxygens (including phenoxy) is 1. The molecule has 0 saturated carbocycles. The number of aliphatic hydroxyl groups excluding tert-OH is 1. The van der Waals surface area contributed by atoms with Gasteiger partial charge in [-0.25, -0.2) is 4.98 Å². The van der Waals surface area contributed by atoms with E-state index in [0.717, 1.165) is 16.6 Å². The number of hydrogen-bond acceptors (Lipinski definition) is 4. The molecule has 3 rings (SSSR count). The van der Waals surface area contributed by atoms with Gasteiger partial charge in [-0.2, -0.15) is 0 Å². The zero-order chi connectivity index (χ0) is 13.9. The topological polar surface area (TPSA) is 55.2 Å². The van der Waals surface area contributed by atoms with E-state index >= 15 is 0 Å². The Balaban J connectivity index is 2.08. The summed E-state index contributed by atoms with van der Waals surface area (Å²) >= 11 is 0. The highest BCUT2D eigenvalue weighted by Crippen LogP contribution is 2.30. The predicted molar refractivity (Wildman–Crippen MR) is 76.7 cm³/mol. The zero-order valence-corrected chi connectivity index (χ0v) is 11.1. The fraction of sp³-hybridized carbons (Fsp3) is 0.125. The summed E-state index contributed by atoms with van der Waals surface area (Å²) in [5.74, 6) is 1.27. The van der Waals surface area contributed by atoms with Gasteiger partial charge in [-0.05, 0) is 25.1 Å². The minimum absolute atomic E-state index is 0.111. The molecule has 2 aromatic heterocycles. The van der Waals surface area contributed by atoms with Crippen LogP contribution in [0.5, 0.6) is 11.5 Å². The van der Waals surface area contributed by atoms with Crippen LogP contribution in [0.1, 0.15) is 11.3 Å². The maximum atomic E-state index is 9.32. The minimum atomic E-state index is -0.111. The Labute approximate surface area is 116 Å². The molecule has 0 saturated heterocycles. The third-order valence-corrected chi connectivity index (χ3v) is 3.07. The summed E-state index contributed by atoms with van der Waals surface area (Å²) in [6.07, 6.45) is 3.23. The molecule has 0 spiro atoms. The summed E-state index contributed by atoms with van der Waals surface area (Å²) in [5, 5.41) is 10.3. The van der Waals surface area contributed by atoms with Crippen LogP contribution in [0.2, 0.25) is 0 Å². The smallest absolute Gasteiger partial charge is 0.153 e. The lowest BCUT2D eigenvalue weighted by Gasteiger charge is -2.11. The van der Waals surface area contributed by atoms with Crippen LogP contribution < -0.4 is 4.74 Å². The number of hydrogen-bond donors (Lipinski definition) is 1. The first-order valence-corrected chi connectivity index (χ1v) is 6.36. The fourth-order valence-corrected chi connectivity index (χ4v) is 2.05. The molecule has 3 aromatic rings. The van der Waals surface area contributed by atoms with Crippen LogP contribution in [0, 0.1) is 6.92 Å². The van der Waals surface area contributed by atoms with Crippen LogP contribution in [0.15, 0.2) is 48.8 Å². The molecule has 0 amide bonds. The first-order valence-electron chi connectivity index (χ1n) is 6.36. The Morgan fingerprint density at radius 1 is 1.10 bits per heavy atom. The number of aromatic nitrogens is 2. The van der Waals surface area contributed by atoms with Gasteiger partial charge in [-0.3, -0.25) is 4.98 Å². The van der Waals surface area contributed by atoms with Gasteiger partial charge < -0.3 is 9.84 Å². The van der Waals surface area contributed by atoms with Crippen molar-refractivity contribution < 1.29 is 9.84 Å². The molecule has 0 aliphatic heterocycles. The van der Waals surface area contributed by atoms with Gasteiger partial charge in [-0.1, -0.05) is 18.2 Å². The third kappa shape index (κ3) is 2.33. The van der Waals surface area contributed by atoms with E-state index in [0.29, 0.717) is 17.1 Å². The molecule has 1 N–H and O–H groups in total. The van der Waals surface area contributed by atoms with Gasteiger partial charge in [0.2, 0.25) is 0 Å². The number of aryl methyl sites for hydroxylation is 1. The van der Waals surface area contributed by atoms with Crippen LogP contribution >= 0.6 is 0 Å². The maximum Gasteiger partial charge on any atom is 0.153 e. The lowest BCUT2D eigenvalue weighted by molar-refractivity contribution is 0.276. The molecular formula is C16H14N2O2. The molecule has 0 aliphatic carbocycles. The predicted octanol–water partition coefficient (Wildman–Crippen LogP) is 3.22. The first-order chi connectivity index (χ1) is 9.78. The Morgan fingerprint density at radius 2 is 2.00 bits per heavy atom. The van der Waals surface area contributed by atoms with E-state index in [4.69, 9.17) is 4.74 Å². The lowest BCUT2D eigenvalue weighted by atomic mass is 10.2. The van der Waals surface area contributed by atoms with Gasteiger partial charge in [0.05, 0.1) is 6.61 Å². The first kappa shape index (κ1) is 12.6. The number of pyridine rings is 2. The summed E-state index contributed by atoms with van der Waals surface area (Å²) in [5.41, 5.74) is 2.40. The fourth-order valence-electron chi connectivity index (χ4n) is 2.05. The Kier molecular flexibility index (Phi) is 3.31. The highest BCUT2D eigenvalue weighted by Gasteiger charge is 2.08. The van der Waals surface area contributed by atoms with Crippen LogP contribution in [0.25, 0.3) is 10.9 Å². The van der Waals surface area contributed by atoms with E-state index in [-0.39, 0.29) is 6.61 Å². The summed E-state index contributed by atoms with van der Waals surface area (Å²) in [7, 11) is 0. The van der Waals surface area contributed by atoms with E-state index in [1.54, 1.807) is 18.5 Å². The van der Waals surface area contributed by atoms with Crippen LogP contribution in [-0.4, -0.2) is 15.1 Å². The summed E-state index contributed by atoms with van der Waals surface area (Å²) < 4.78 is 5.91. The molecule has 2 heterocycles. The largest absolute Gasteiger partial charge is 0.455 e. The Hall–Kier alpha value is -2.46. The Bertz CT molecular complexity index is 756. The summed E-state index contributed by atoms with van der Waals surface area (Å²) in [4.78, 5) is 8.50. The average molecular weight is 266 g/mol. The zero-order valence-electron chi connectivity index (χ0n) is 11.1. The van der Waals surface area contributed by atoms with Crippen molar-refractivity contribution in [1.82, 2.24) is 9.97 Å². The molecule has 20 heavy (non-hydrogen) atoms. The second kappa shape index (κ2) is 5.27. The SMILES string of the molecule is Cc1ccc2cccc(Oc3ccncc3CO)c2n1. The van der Waals surface area contributed by atoms with Crippen molar-refractivity contribution in [2.45, 2.75) is 13.5 Å². The number of nitrogens with zero attached hydrogens (tertiary/aromatic N) is 2. The normalized spacial score (nSPS) is 10.7. The van der Waals surface area contributed by atoms with Gasteiger partial charge in [0.1, 0.15) is 11.3 Å². The van der Waals surface area contributed by atoms with E-state index in [1.807, 2.05) is 37.3 Å². The van der Waals surface area contributed by atoms with Gasteiger partial charge in [-0.15, -0.1) is 0 Å². The van der Waals surface area contributed by atoms with Crippen molar-refractivity contribution in [1.29, 1.82) is 0 Å². The molecule has 0 unspecified atom stereocenters. The molecule has 0 fully saturated rings. The molecule has 100 valence electrons. The van der Waals surface area contributed by atoms with Gasteiger partial charge in [0, 0.05) is 29.0 Å². The molecule has 4 nitrogen and oxygen atoms in total. The van der Waals surface area contributed by atoms with Crippen LogP contribution in [0.4, 0.5) is 0 Å². The highest BCUT2D eigenvalue weighted by molar-refractivity contribution is 5.84. The van der Waals surface area contributed by atoms with Crippen molar-refractivity contribution in [3.63, 3.8) is 0 Å². The molecule has 0 aliphatic rings. The quantitative estimate of drug-likeness (QED) is 0.790. The molecule has 0 atom stereocenters. The minimum Gasteiger partial charge on any atom is -0.455 e. The Morgan fingerprint density at radius 3 is 2.85 bits per heavy atom. The molecule has 0 bridgehead atoms. The molecule has 0 radical (unpaired) electrons. The van der Waals surface area contributed by atoms with Crippen molar-refractivity contribution >= 4 is 10.9 Å². The molecule has 4 heteroatoms. The van der Waals surface area contributed by atoms with Gasteiger partial charge in [0.15, 0.2) is 5.75 Å². The monoisotopic (exact) mass is 266 g/mol. The van der Waals surface area contributed by atoms with Crippen LogP contribution in [0.3, 0.4) is 0 Å². The number of fused-ring (bicyclic) bond motifs is 1. The second-order valence-electron chi connectivity index (χ2n) is 4.52. The number of rotatable bonds is 3. The summed E-state index contributed by atoms with van der Waals surface area (Å²) in [6, 6.07) is 11.5. The molecular weight excluding hydrogens is 252 g/mol. The third-order valence-electron chi connectivity index (χ3n) is 3.07. The van der Waals surface area contributed by atoms with Gasteiger partial charge in [0.25, 0.3) is 0 Å². The standard InChI is InChI=1S/C16H14N2O2/c1-11-5-6-12-3-2-4-15(16(12)18-11)20-14-7-8-17-9-13(14)10-19/h2-9,19H,10H2,1H3. The molecule has 1 aromatic carbocycles. The van der Waals surface area contributed by atoms with E-state index in [1.165, 1.54) is 0 Å². The van der Waals surface area contributed by atoms with Crippen molar-refractivity contribution in [2.75, 3.05) is 0 Å². The van der Waals surface area contributed by atoms with Crippen molar-refractivity contribution in [3.8, 4) is 11.5 Å². The second-order valence-corrected chi connectivity index (χ2v) is 4.52. The van der Waals surface area contributed by atoms with Crippen molar-refractivity contribution in [2.24, 2.45) is 0 Å². The lowest BCUT2D eigenvalue weighted by Crippen LogP contribution is -1.94. The number of para-hydroxylation sites is 1. The van der Waals surface area contributed by atoms with E-state index < -0.39 is 0 Å². The van der Waals surface area contributed by atoms with Crippen LogP contribution in [-0.2, 0) is 6.61 Å². The van der Waals surface area contributed by atoms with E-state index in [9.17, 15) is 5.11 Å². The summed E-state index contributed by atoms with van der Waals surface area (Å²) in [6.45, 7) is 1.84.